The van der Waals surface area contributed by atoms with Crippen molar-refractivity contribution in [1.82, 2.24) is 20.1 Å². The lowest BCUT2D eigenvalue weighted by Crippen LogP contribution is -2.51. The van der Waals surface area contributed by atoms with Crippen molar-refractivity contribution < 1.29 is 27.1 Å². The van der Waals surface area contributed by atoms with Crippen molar-refractivity contribution in [2.75, 3.05) is 10.7 Å². The number of ether oxygens (including phenoxy) is 1. The van der Waals surface area contributed by atoms with Crippen LogP contribution in [0.2, 0.25) is 5.02 Å². The monoisotopic (exact) mass is 563 g/mol. The highest BCUT2D eigenvalue weighted by Crippen LogP contribution is 2.36. The fraction of sp³-hybridized carbons (Fsp3) is 0.360. The standard InChI is InChI=1S/C25H27ClFN5O5S/c1-5-31-14-28-22(30-31)17-10-20-21(11-18(17)27)38(35,36)13-19(29-24(34)37-25(2,3)4)23(33)32(20)12-15-6-8-16(26)9-7-15/h6-11,14,19H,5,12-13H2,1-4H3,(H,29,34)/t19-/m0/s1. The van der Waals surface area contributed by atoms with E-state index < -0.39 is 45.1 Å². The van der Waals surface area contributed by atoms with Crippen LogP contribution in [0.25, 0.3) is 11.4 Å². The van der Waals surface area contributed by atoms with Crippen molar-refractivity contribution >= 4 is 39.1 Å². The number of carbonyl (C=O) groups is 2. The SMILES string of the molecule is CCn1cnc(-c2cc3c(cc2F)S(=O)(=O)C[C@H](NC(=O)OC(C)(C)C)C(=O)N3Cc2ccc(Cl)cc2)n1. The molecule has 202 valence electrons. The van der Waals surface area contributed by atoms with Gasteiger partial charge in [-0.25, -0.2) is 22.6 Å². The van der Waals surface area contributed by atoms with Gasteiger partial charge in [0.05, 0.1) is 28.4 Å². The number of carbonyl (C=O) groups excluding carboxylic acids is 2. The summed E-state index contributed by atoms with van der Waals surface area (Å²) in [6.45, 7) is 7.17. The molecule has 1 aliphatic heterocycles. The molecule has 1 aliphatic rings. The second kappa shape index (κ2) is 10.3. The van der Waals surface area contributed by atoms with Crippen molar-refractivity contribution in [3.63, 3.8) is 0 Å². The smallest absolute Gasteiger partial charge is 0.408 e. The van der Waals surface area contributed by atoms with E-state index in [2.05, 4.69) is 15.4 Å². The number of hydrogen-bond donors (Lipinski definition) is 1. The van der Waals surface area contributed by atoms with Gasteiger partial charge in [0.15, 0.2) is 15.7 Å². The molecule has 2 amide bonds. The van der Waals surface area contributed by atoms with Gasteiger partial charge >= 0.3 is 6.09 Å². The largest absolute Gasteiger partial charge is 0.444 e. The predicted molar refractivity (Wildman–Crippen MR) is 139 cm³/mol. The lowest BCUT2D eigenvalue weighted by atomic mass is 10.1. The van der Waals surface area contributed by atoms with Gasteiger partial charge in [0.2, 0.25) is 0 Å². The molecule has 1 aromatic heterocycles. The van der Waals surface area contributed by atoms with E-state index in [1.165, 1.54) is 22.0 Å². The first-order chi connectivity index (χ1) is 17.8. The van der Waals surface area contributed by atoms with Gasteiger partial charge < -0.3 is 15.0 Å². The number of rotatable bonds is 5. The van der Waals surface area contributed by atoms with Gasteiger partial charge in [-0.1, -0.05) is 23.7 Å². The molecule has 4 rings (SSSR count). The van der Waals surface area contributed by atoms with Crippen LogP contribution in [0.1, 0.15) is 33.3 Å². The molecule has 2 aromatic carbocycles. The highest BCUT2D eigenvalue weighted by Gasteiger charge is 2.40. The third kappa shape index (κ3) is 5.97. The Bertz CT molecular complexity index is 1480. The molecule has 0 aliphatic carbocycles. The fourth-order valence-electron chi connectivity index (χ4n) is 3.92. The van der Waals surface area contributed by atoms with E-state index >= 15 is 4.39 Å². The van der Waals surface area contributed by atoms with Crippen molar-refractivity contribution in [2.45, 2.75) is 57.3 Å². The van der Waals surface area contributed by atoms with Gasteiger partial charge in [-0.05, 0) is 57.5 Å². The average Bonchev–Trinajstić information content (AvgIpc) is 3.28. The molecule has 0 radical (unpaired) electrons. The van der Waals surface area contributed by atoms with Gasteiger partial charge in [0.25, 0.3) is 5.91 Å². The van der Waals surface area contributed by atoms with Crippen molar-refractivity contribution in [3.05, 3.63) is 59.1 Å². The number of nitrogens with zero attached hydrogens (tertiary/aromatic N) is 4. The second-order valence-electron chi connectivity index (χ2n) is 9.75. The number of halogens is 2. The Hall–Kier alpha value is -3.51. The first-order valence-corrected chi connectivity index (χ1v) is 13.8. The summed E-state index contributed by atoms with van der Waals surface area (Å²) in [5.74, 6) is -2.32. The zero-order valence-electron chi connectivity index (χ0n) is 21.2. The number of aromatic nitrogens is 3. The number of anilines is 1. The highest BCUT2D eigenvalue weighted by molar-refractivity contribution is 7.91. The zero-order chi connectivity index (χ0) is 27.8. The molecule has 3 aromatic rings. The van der Waals surface area contributed by atoms with Crippen molar-refractivity contribution in [1.29, 1.82) is 0 Å². The zero-order valence-corrected chi connectivity index (χ0v) is 22.8. The van der Waals surface area contributed by atoms with E-state index in [-0.39, 0.29) is 28.5 Å². The Labute approximate surface area is 224 Å². The Morgan fingerprint density at radius 2 is 1.92 bits per heavy atom. The quantitative estimate of drug-likeness (QED) is 0.498. The van der Waals surface area contributed by atoms with E-state index in [0.717, 1.165) is 6.07 Å². The van der Waals surface area contributed by atoms with Crippen LogP contribution < -0.4 is 10.2 Å². The van der Waals surface area contributed by atoms with Gasteiger partial charge in [0, 0.05) is 11.6 Å². The molecular formula is C25H27ClFN5O5S. The maximum absolute atomic E-state index is 15.3. The van der Waals surface area contributed by atoms with Gasteiger partial charge in [-0.2, -0.15) is 5.10 Å². The van der Waals surface area contributed by atoms with Crippen molar-refractivity contribution in [3.8, 4) is 11.4 Å². The minimum Gasteiger partial charge on any atom is -0.444 e. The molecular weight excluding hydrogens is 537 g/mol. The Morgan fingerprint density at radius 3 is 2.53 bits per heavy atom. The molecule has 0 bridgehead atoms. The molecule has 38 heavy (non-hydrogen) atoms. The van der Waals surface area contributed by atoms with Gasteiger partial charge in [-0.3, -0.25) is 9.48 Å². The summed E-state index contributed by atoms with van der Waals surface area (Å²) in [5.41, 5.74) is -0.375. The lowest BCUT2D eigenvalue weighted by molar-refractivity contribution is -0.120. The molecule has 10 nitrogen and oxygen atoms in total. The topological polar surface area (TPSA) is 123 Å². The average molecular weight is 564 g/mol. The van der Waals surface area contributed by atoms with Crippen LogP contribution in [0.5, 0.6) is 0 Å². The van der Waals surface area contributed by atoms with E-state index in [0.29, 0.717) is 17.1 Å². The van der Waals surface area contributed by atoms with Gasteiger partial charge in [-0.15, -0.1) is 0 Å². The van der Waals surface area contributed by atoms with Crippen LogP contribution >= 0.6 is 11.6 Å². The summed E-state index contributed by atoms with van der Waals surface area (Å²) in [6.07, 6.45) is 0.471. The van der Waals surface area contributed by atoms with E-state index in [1.54, 1.807) is 45.0 Å². The van der Waals surface area contributed by atoms with Crippen LogP contribution in [0.3, 0.4) is 0 Å². The summed E-state index contributed by atoms with van der Waals surface area (Å²) in [6, 6.07) is 7.25. The molecule has 0 unspecified atom stereocenters. The lowest BCUT2D eigenvalue weighted by Gasteiger charge is -2.27. The normalized spacial score (nSPS) is 17.1. The Morgan fingerprint density at radius 1 is 1.24 bits per heavy atom. The summed E-state index contributed by atoms with van der Waals surface area (Å²) < 4.78 is 48.9. The third-order valence-electron chi connectivity index (χ3n) is 5.67. The highest BCUT2D eigenvalue weighted by atomic mass is 35.5. The van der Waals surface area contributed by atoms with Crippen LogP contribution in [-0.4, -0.2) is 52.6 Å². The number of hydrogen-bond acceptors (Lipinski definition) is 7. The van der Waals surface area contributed by atoms with E-state index in [4.69, 9.17) is 16.3 Å². The number of nitrogens with one attached hydrogen (secondary N) is 1. The molecule has 13 heteroatoms. The summed E-state index contributed by atoms with van der Waals surface area (Å²) in [4.78, 5) is 31.2. The molecule has 0 saturated carbocycles. The Balaban J connectivity index is 1.84. The first kappa shape index (κ1) is 27.5. The van der Waals surface area contributed by atoms with E-state index in [9.17, 15) is 18.0 Å². The van der Waals surface area contributed by atoms with Gasteiger partial charge in [0.1, 0.15) is 23.8 Å². The molecule has 1 N–H and O–H groups in total. The summed E-state index contributed by atoms with van der Waals surface area (Å²) in [7, 11) is -4.24. The number of aryl methyl sites for hydroxylation is 1. The predicted octanol–water partition coefficient (Wildman–Crippen LogP) is 3.97. The third-order valence-corrected chi connectivity index (χ3v) is 7.69. The second-order valence-corrected chi connectivity index (χ2v) is 12.2. The van der Waals surface area contributed by atoms with Crippen LogP contribution in [0.15, 0.2) is 47.6 Å². The summed E-state index contributed by atoms with van der Waals surface area (Å²) in [5, 5.41) is 7.07. The molecule has 1 atom stereocenters. The molecule has 0 fully saturated rings. The Kier molecular flexibility index (Phi) is 7.48. The number of fused-ring (bicyclic) bond motifs is 1. The maximum atomic E-state index is 15.3. The number of amides is 2. The number of sulfone groups is 1. The molecule has 0 saturated heterocycles. The molecule has 0 spiro atoms. The maximum Gasteiger partial charge on any atom is 0.408 e. The van der Waals surface area contributed by atoms with E-state index in [1.807, 2.05) is 6.92 Å². The number of alkyl carbamates (subject to hydrolysis) is 1. The number of benzene rings is 2. The fourth-order valence-corrected chi connectivity index (χ4v) is 5.66. The van der Waals surface area contributed by atoms with Crippen molar-refractivity contribution in [2.24, 2.45) is 0 Å². The summed E-state index contributed by atoms with van der Waals surface area (Å²) >= 11 is 6.00. The van der Waals surface area contributed by atoms with Crippen LogP contribution in [-0.2, 0) is 32.5 Å². The minimum absolute atomic E-state index is 0.0381. The first-order valence-electron chi connectivity index (χ1n) is 11.8. The van der Waals surface area contributed by atoms with Crippen LogP contribution in [0, 0.1) is 5.82 Å². The van der Waals surface area contributed by atoms with Crippen LogP contribution in [0.4, 0.5) is 14.9 Å². The minimum atomic E-state index is -4.24. The molecule has 2 heterocycles.